The van der Waals surface area contributed by atoms with Gasteiger partial charge in [0.15, 0.2) is 0 Å². The van der Waals surface area contributed by atoms with Gasteiger partial charge in [-0.1, -0.05) is 30.3 Å². The van der Waals surface area contributed by atoms with Gasteiger partial charge in [0.25, 0.3) is 0 Å². The van der Waals surface area contributed by atoms with Gasteiger partial charge in [-0.2, -0.15) is 0 Å². The number of aromatic carboxylic acids is 1. The summed E-state index contributed by atoms with van der Waals surface area (Å²) in [6.07, 6.45) is 0.483. The van der Waals surface area contributed by atoms with Gasteiger partial charge in [0.05, 0.1) is 17.9 Å². The molecule has 2 aromatic rings. The molecule has 156 valence electrons. The van der Waals surface area contributed by atoms with E-state index in [1.807, 2.05) is 12.1 Å². The Hall–Kier alpha value is -2.88. The van der Waals surface area contributed by atoms with Gasteiger partial charge in [-0.05, 0) is 34.7 Å². The highest BCUT2D eigenvalue weighted by atomic mass is 16.5. The number of hydrogen-bond acceptors (Lipinski definition) is 6. The molecule has 5 N–H and O–H groups in total. The fourth-order valence-corrected chi connectivity index (χ4v) is 4.13. The summed E-state index contributed by atoms with van der Waals surface area (Å²) in [5, 5.41) is 22.4. The van der Waals surface area contributed by atoms with Crippen molar-refractivity contribution < 1.29 is 24.4 Å². The van der Waals surface area contributed by atoms with E-state index in [-0.39, 0.29) is 23.6 Å². The lowest BCUT2D eigenvalue weighted by Crippen LogP contribution is -2.53. The Kier molecular flexibility index (Phi) is 5.76. The number of rotatable bonds is 6. The molecular formula is C21H24BN3O5. The zero-order valence-corrected chi connectivity index (χ0v) is 16.5. The second kappa shape index (κ2) is 8.47. The molecule has 2 aliphatic heterocycles. The maximum Gasteiger partial charge on any atom is 0.547 e. The number of fused-ring (bicyclic) bond motifs is 2. The predicted molar refractivity (Wildman–Crippen MR) is 111 cm³/mol. The van der Waals surface area contributed by atoms with Crippen LogP contribution in [0.4, 0.5) is 0 Å². The fourth-order valence-electron chi connectivity index (χ4n) is 4.13. The van der Waals surface area contributed by atoms with Crippen LogP contribution in [-0.2, 0) is 30.7 Å². The highest BCUT2D eigenvalue weighted by Gasteiger charge is 2.37. The molecular weight excluding hydrogens is 385 g/mol. The minimum absolute atomic E-state index is 0.00172. The van der Waals surface area contributed by atoms with Crippen LogP contribution in [0.2, 0.25) is 0 Å². The number of nitrogens with one attached hydrogen (secondary N) is 1. The van der Waals surface area contributed by atoms with E-state index in [0.29, 0.717) is 18.5 Å². The van der Waals surface area contributed by atoms with E-state index in [1.165, 1.54) is 17.2 Å². The average Bonchev–Trinajstić information content (AvgIpc) is 3.10. The summed E-state index contributed by atoms with van der Waals surface area (Å²) >= 11 is 0. The standard InChI is InChI=1S/C21H24BN3O5/c23-6-7-25-11-15-5-4-13(8-16(15)12-25)9-19(26)24-18-10-14-2-1-3-17(21(27)28)20(14)30-22(18)29/h1-5,8,18,29H,6-7,9-12,23H2,(H,24,26)(H,27,28)/t18-/m0/s1. The maximum absolute atomic E-state index is 12.6. The second-order valence-electron chi connectivity index (χ2n) is 7.76. The third-order valence-corrected chi connectivity index (χ3v) is 5.56. The number of nitrogens with zero attached hydrogens (tertiary/aromatic N) is 1. The Balaban J connectivity index is 1.40. The summed E-state index contributed by atoms with van der Waals surface area (Å²) in [6.45, 7) is 3.17. The molecule has 0 fully saturated rings. The van der Waals surface area contributed by atoms with E-state index >= 15 is 0 Å². The molecule has 0 radical (unpaired) electrons. The Bertz CT molecular complexity index is 983. The first-order valence-electron chi connectivity index (χ1n) is 9.97. The van der Waals surface area contributed by atoms with Gasteiger partial charge in [0, 0.05) is 26.2 Å². The molecule has 0 bridgehead atoms. The van der Waals surface area contributed by atoms with Gasteiger partial charge in [0.1, 0.15) is 5.75 Å². The SMILES string of the molecule is NCCN1Cc2ccc(CC(=O)N[C@H]3Cc4cccc(C(=O)O)c4OB3O)cc2C1. The third kappa shape index (κ3) is 4.18. The monoisotopic (exact) mass is 409 g/mol. The molecule has 0 saturated heterocycles. The first kappa shape index (κ1) is 20.4. The zero-order chi connectivity index (χ0) is 21.3. The number of carboxylic acids is 1. The number of benzene rings is 2. The Morgan fingerprint density at radius 2 is 2.00 bits per heavy atom. The predicted octanol–water partition coefficient (Wildman–Crippen LogP) is 0.341. The van der Waals surface area contributed by atoms with Gasteiger partial charge < -0.3 is 25.8 Å². The van der Waals surface area contributed by atoms with Gasteiger partial charge >= 0.3 is 13.1 Å². The number of hydrogen-bond donors (Lipinski definition) is 4. The van der Waals surface area contributed by atoms with Crippen LogP contribution in [0.15, 0.2) is 36.4 Å². The molecule has 30 heavy (non-hydrogen) atoms. The maximum atomic E-state index is 12.6. The number of carbonyl (C=O) groups excluding carboxylic acids is 1. The molecule has 2 aromatic carbocycles. The summed E-state index contributed by atoms with van der Waals surface area (Å²) in [5.74, 6) is -1.84. The summed E-state index contributed by atoms with van der Waals surface area (Å²) < 4.78 is 5.43. The molecule has 0 saturated carbocycles. The largest absolute Gasteiger partial charge is 0.547 e. The molecule has 0 spiro atoms. The number of carbonyl (C=O) groups is 2. The van der Waals surface area contributed by atoms with Crippen molar-refractivity contribution >= 4 is 19.0 Å². The number of carboxylic acid groups (broad SMARTS) is 1. The van der Waals surface area contributed by atoms with Crippen LogP contribution in [0.25, 0.3) is 0 Å². The molecule has 9 heteroatoms. The summed E-state index contributed by atoms with van der Waals surface area (Å²) in [5.41, 5.74) is 9.65. The van der Waals surface area contributed by atoms with E-state index in [9.17, 15) is 19.7 Å². The smallest absolute Gasteiger partial charge is 0.534 e. The lowest BCUT2D eigenvalue weighted by atomic mass is 9.72. The van der Waals surface area contributed by atoms with Gasteiger partial charge in [-0.15, -0.1) is 0 Å². The fraction of sp³-hybridized carbons (Fsp3) is 0.333. The van der Waals surface area contributed by atoms with Crippen molar-refractivity contribution in [2.24, 2.45) is 5.73 Å². The number of amides is 1. The van der Waals surface area contributed by atoms with Crippen molar-refractivity contribution in [3.8, 4) is 5.75 Å². The van der Waals surface area contributed by atoms with Gasteiger partial charge in [0.2, 0.25) is 5.91 Å². The highest BCUT2D eigenvalue weighted by molar-refractivity contribution is 6.47. The van der Waals surface area contributed by atoms with Crippen LogP contribution >= 0.6 is 0 Å². The summed E-state index contributed by atoms with van der Waals surface area (Å²) in [7, 11) is -1.31. The van der Waals surface area contributed by atoms with E-state index in [4.69, 9.17) is 10.4 Å². The topological polar surface area (TPSA) is 125 Å². The van der Waals surface area contributed by atoms with Crippen LogP contribution in [0.5, 0.6) is 5.75 Å². The van der Waals surface area contributed by atoms with Crippen LogP contribution in [0, 0.1) is 0 Å². The lowest BCUT2D eigenvalue weighted by molar-refractivity contribution is -0.120. The van der Waals surface area contributed by atoms with Crippen molar-refractivity contribution in [2.45, 2.75) is 31.9 Å². The third-order valence-electron chi connectivity index (χ3n) is 5.56. The molecule has 2 heterocycles. The average molecular weight is 409 g/mol. The van der Waals surface area contributed by atoms with E-state index < -0.39 is 19.0 Å². The van der Waals surface area contributed by atoms with E-state index in [1.54, 1.807) is 12.1 Å². The lowest BCUT2D eigenvalue weighted by Gasteiger charge is -2.28. The molecule has 4 rings (SSSR count). The van der Waals surface area contributed by atoms with Crippen molar-refractivity contribution in [1.29, 1.82) is 0 Å². The normalized spacial score (nSPS) is 17.8. The zero-order valence-electron chi connectivity index (χ0n) is 16.5. The van der Waals surface area contributed by atoms with Crippen LogP contribution in [0.1, 0.15) is 32.6 Å². The first-order valence-corrected chi connectivity index (χ1v) is 9.97. The summed E-state index contributed by atoms with van der Waals surface area (Å²) in [4.78, 5) is 26.2. The van der Waals surface area contributed by atoms with Crippen LogP contribution < -0.4 is 15.7 Å². The molecule has 1 amide bonds. The Morgan fingerprint density at radius 3 is 2.77 bits per heavy atom. The second-order valence-corrected chi connectivity index (χ2v) is 7.76. The van der Waals surface area contributed by atoms with Crippen molar-refractivity contribution in [3.63, 3.8) is 0 Å². The van der Waals surface area contributed by atoms with E-state index in [2.05, 4.69) is 16.3 Å². The molecule has 0 unspecified atom stereocenters. The molecule has 0 aliphatic carbocycles. The van der Waals surface area contributed by atoms with Crippen LogP contribution in [0.3, 0.4) is 0 Å². The molecule has 2 aliphatic rings. The highest BCUT2D eigenvalue weighted by Crippen LogP contribution is 2.30. The molecule has 0 aromatic heterocycles. The summed E-state index contributed by atoms with van der Waals surface area (Å²) in [6, 6.07) is 10.8. The van der Waals surface area contributed by atoms with Crippen molar-refractivity contribution in [3.05, 3.63) is 64.2 Å². The quantitative estimate of drug-likeness (QED) is 0.507. The number of para-hydroxylation sites is 1. The van der Waals surface area contributed by atoms with Crippen molar-refractivity contribution in [2.75, 3.05) is 13.1 Å². The molecule has 1 atom stereocenters. The van der Waals surface area contributed by atoms with Crippen LogP contribution in [-0.4, -0.2) is 53.1 Å². The minimum Gasteiger partial charge on any atom is -0.534 e. The minimum atomic E-state index is -1.31. The van der Waals surface area contributed by atoms with E-state index in [0.717, 1.165) is 25.2 Å². The first-order chi connectivity index (χ1) is 14.4. The van der Waals surface area contributed by atoms with Gasteiger partial charge in [-0.25, -0.2) is 4.79 Å². The Morgan fingerprint density at radius 1 is 1.20 bits per heavy atom. The Labute approximate surface area is 174 Å². The van der Waals surface area contributed by atoms with Crippen molar-refractivity contribution in [1.82, 2.24) is 10.2 Å². The number of nitrogens with two attached hydrogens (primary N) is 1. The molecule has 8 nitrogen and oxygen atoms in total. The van der Waals surface area contributed by atoms with Gasteiger partial charge in [-0.3, -0.25) is 9.69 Å².